The molecule has 0 aromatic rings. The second-order valence-electron chi connectivity index (χ2n) is 6.01. The van der Waals surface area contributed by atoms with E-state index in [1.807, 2.05) is 0 Å². The van der Waals surface area contributed by atoms with Crippen molar-refractivity contribution in [1.82, 2.24) is 9.91 Å². The molecule has 0 aliphatic carbocycles. The molecule has 2 amide bonds. The fraction of sp³-hybridized carbons (Fsp3) is 0.909. The summed E-state index contributed by atoms with van der Waals surface area (Å²) in [5.74, 6) is -0.175. The van der Waals surface area contributed by atoms with Gasteiger partial charge in [0, 0.05) is 25.4 Å². The maximum absolute atomic E-state index is 12.1. The Morgan fingerprint density at radius 3 is 2.08 bits per heavy atom. The summed E-state index contributed by atoms with van der Waals surface area (Å²) in [6, 6.07) is -0.610. The van der Waals surface area contributed by atoms with Crippen LogP contribution in [-0.4, -0.2) is 71.2 Å². The summed E-state index contributed by atoms with van der Waals surface area (Å²) in [6.45, 7) is 0.408. The van der Waals surface area contributed by atoms with Gasteiger partial charge in [0.25, 0.3) is 5.08 Å². The number of piperidine rings is 1. The topological polar surface area (TPSA) is 188 Å². The first kappa shape index (κ1) is 23.5. The lowest BCUT2D eigenvalue weighted by atomic mass is 9.92. The van der Waals surface area contributed by atoms with Crippen molar-refractivity contribution in [3.63, 3.8) is 0 Å². The number of urea groups is 1. The molecule has 1 rings (SSSR count). The summed E-state index contributed by atoms with van der Waals surface area (Å²) < 4.78 is 22.7. The van der Waals surface area contributed by atoms with Gasteiger partial charge >= 0.3 is 21.2 Å². The van der Waals surface area contributed by atoms with Gasteiger partial charge < -0.3 is 29.6 Å². The molecule has 1 heterocycles. The molecular weight excluding hydrogens is 416 g/mol. The molecule has 12 nitrogen and oxygen atoms in total. The van der Waals surface area contributed by atoms with Crippen molar-refractivity contribution < 1.29 is 38.6 Å². The molecule has 0 radical (unpaired) electrons. The van der Waals surface area contributed by atoms with Crippen LogP contribution in [0.4, 0.5) is 4.79 Å². The minimum atomic E-state index is -5.47. The average molecular weight is 438 g/mol. The fourth-order valence-electron chi connectivity index (χ4n) is 2.69. The molecule has 0 aromatic heterocycles. The van der Waals surface area contributed by atoms with Crippen molar-refractivity contribution in [2.45, 2.75) is 30.8 Å². The van der Waals surface area contributed by atoms with E-state index in [2.05, 4.69) is 5.29 Å². The molecule has 0 spiro atoms. The largest absolute Gasteiger partial charge is 0.369 e. The summed E-state index contributed by atoms with van der Waals surface area (Å²) in [6.07, 6.45) is -0.0874. The number of likely N-dealkylation sites (tertiary alicyclic amines) is 1. The maximum atomic E-state index is 12.1. The van der Waals surface area contributed by atoms with Crippen LogP contribution in [0.2, 0.25) is 0 Å². The van der Waals surface area contributed by atoms with Gasteiger partial charge in [0.2, 0.25) is 0 Å². The van der Waals surface area contributed by atoms with Crippen molar-refractivity contribution >= 4 is 32.8 Å². The van der Waals surface area contributed by atoms with Gasteiger partial charge in [-0.25, -0.2) is 4.79 Å². The molecule has 15 heteroatoms. The van der Waals surface area contributed by atoms with Crippen molar-refractivity contribution in [3.05, 3.63) is 4.91 Å². The molecule has 1 saturated heterocycles. The van der Waals surface area contributed by atoms with Crippen LogP contribution in [0.1, 0.15) is 25.7 Å². The van der Waals surface area contributed by atoms with E-state index in [1.54, 1.807) is 0 Å². The van der Waals surface area contributed by atoms with E-state index >= 15 is 0 Å². The lowest BCUT2D eigenvalue weighted by molar-refractivity contribution is 0.104. The number of nitrogens with zero attached hydrogens (tertiary/aromatic N) is 3. The molecule has 1 fully saturated rings. The van der Waals surface area contributed by atoms with Crippen LogP contribution in [-0.2, 0) is 9.13 Å². The van der Waals surface area contributed by atoms with Crippen molar-refractivity contribution in [2.75, 3.05) is 25.5 Å². The Morgan fingerprint density at radius 2 is 1.69 bits per heavy atom. The van der Waals surface area contributed by atoms with E-state index in [1.165, 1.54) is 4.90 Å². The number of alkyl halides is 1. The number of rotatable bonds is 8. The first-order chi connectivity index (χ1) is 11.9. The predicted octanol–water partition coefficient (Wildman–Crippen LogP) is 0.822. The Bertz CT molecular complexity index is 580. The van der Waals surface area contributed by atoms with Crippen molar-refractivity contribution in [1.29, 1.82) is 0 Å². The number of hydrogen-bond acceptors (Lipinski definition) is 6. The number of hydrogen-bond donors (Lipinski definition) is 5. The molecule has 0 unspecified atom stereocenters. The van der Waals surface area contributed by atoms with Gasteiger partial charge in [-0.2, -0.15) is 5.01 Å². The molecule has 1 aliphatic heterocycles. The number of carbonyl (C=O) groups is 1. The standard InChI is InChI=1S/C11H22ClN3O9P2/c12-5-8-15(13-18)10(16)14-6-2-9(3-7-14)1-4-11(17,25(19,20)21)26(22,23)24/h9,17H,1-8H2,(H2,19,20,21)(H2,22,23,24). The highest BCUT2D eigenvalue weighted by Gasteiger charge is 2.58. The van der Waals surface area contributed by atoms with Crippen molar-refractivity contribution in [2.24, 2.45) is 11.2 Å². The zero-order chi connectivity index (χ0) is 20.2. The van der Waals surface area contributed by atoms with Gasteiger partial charge in [0.05, 0.1) is 11.8 Å². The molecule has 5 N–H and O–H groups in total. The highest BCUT2D eigenvalue weighted by atomic mass is 35.5. The molecule has 26 heavy (non-hydrogen) atoms. The Morgan fingerprint density at radius 1 is 1.19 bits per heavy atom. The smallest absolute Gasteiger partial charge is 0.368 e. The molecule has 0 aromatic carbocycles. The minimum Gasteiger partial charge on any atom is -0.368 e. The van der Waals surface area contributed by atoms with Crippen LogP contribution < -0.4 is 0 Å². The zero-order valence-corrected chi connectivity index (χ0v) is 16.3. The van der Waals surface area contributed by atoms with Crippen LogP contribution in [0.15, 0.2) is 5.29 Å². The summed E-state index contributed by atoms with van der Waals surface area (Å²) in [5.41, 5.74) is 0. The van der Waals surface area contributed by atoms with Crippen LogP contribution in [0, 0.1) is 10.8 Å². The monoisotopic (exact) mass is 437 g/mol. The molecule has 0 atom stereocenters. The Kier molecular flexibility index (Phi) is 8.19. The minimum absolute atomic E-state index is 0.0390. The van der Waals surface area contributed by atoms with Gasteiger partial charge in [-0.3, -0.25) is 9.13 Å². The maximum Gasteiger partial charge on any atom is 0.369 e. The summed E-state index contributed by atoms with van der Waals surface area (Å²) in [4.78, 5) is 60.5. The zero-order valence-electron chi connectivity index (χ0n) is 13.7. The molecular formula is C11H22ClN3O9P2. The summed E-state index contributed by atoms with van der Waals surface area (Å²) >= 11 is 5.48. The third-order valence-electron chi connectivity index (χ3n) is 4.32. The van der Waals surface area contributed by atoms with Crippen LogP contribution in [0.3, 0.4) is 0 Å². The summed E-state index contributed by atoms with van der Waals surface area (Å²) in [5, 5.41) is 9.72. The van der Waals surface area contributed by atoms with E-state index in [-0.39, 0.29) is 37.9 Å². The quantitative estimate of drug-likeness (QED) is 0.158. The average Bonchev–Trinajstić information content (AvgIpc) is 2.55. The van der Waals surface area contributed by atoms with E-state index in [9.17, 15) is 23.9 Å². The lowest BCUT2D eigenvalue weighted by Gasteiger charge is -2.35. The van der Waals surface area contributed by atoms with Gasteiger partial charge in [-0.1, -0.05) is 0 Å². The molecule has 152 valence electrons. The lowest BCUT2D eigenvalue weighted by Crippen LogP contribution is -2.45. The Balaban J connectivity index is 2.64. The van der Waals surface area contributed by atoms with Crippen LogP contribution in [0.5, 0.6) is 0 Å². The number of carbonyl (C=O) groups excluding carboxylic acids is 1. The Hall–Kier alpha value is -0.580. The molecule has 1 aliphatic rings. The second kappa shape index (κ2) is 9.07. The van der Waals surface area contributed by atoms with Crippen LogP contribution >= 0.6 is 26.8 Å². The summed E-state index contributed by atoms with van der Waals surface area (Å²) in [7, 11) is -10.9. The SMILES string of the molecule is O=NN(CCCl)C(=O)N1CCC(CCC(O)(P(=O)(O)O)P(=O)(O)O)CC1. The number of halogens is 1. The van der Waals surface area contributed by atoms with Gasteiger partial charge in [-0.15, -0.1) is 16.5 Å². The second-order valence-corrected chi connectivity index (χ2v) is 10.4. The number of aliphatic hydroxyl groups is 1. The number of amides is 2. The van der Waals surface area contributed by atoms with E-state index in [0.717, 1.165) is 0 Å². The Labute approximate surface area is 154 Å². The predicted molar refractivity (Wildman–Crippen MR) is 91.2 cm³/mol. The first-order valence-electron chi connectivity index (χ1n) is 7.66. The first-order valence-corrected chi connectivity index (χ1v) is 11.4. The molecule has 0 bridgehead atoms. The van der Waals surface area contributed by atoms with Gasteiger partial charge in [0.1, 0.15) is 0 Å². The van der Waals surface area contributed by atoms with Crippen molar-refractivity contribution in [3.8, 4) is 0 Å². The van der Waals surface area contributed by atoms with Gasteiger partial charge in [0.15, 0.2) is 0 Å². The molecule has 0 saturated carbocycles. The third kappa shape index (κ3) is 5.46. The number of nitroso groups, excluding NO2 is 1. The van der Waals surface area contributed by atoms with E-state index < -0.39 is 32.7 Å². The normalized spacial score (nSPS) is 17.2. The van der Waals surface area contributed by atoms with E-state index in [0.29, 0.717) is 17.9 Å². The van der Waals surface area contributed by atoms with Gasteiger partial charge in [-0.05, 0) is 25.2 Å². The highest BCUT2D eigenvalue weighted by molar-refractivity contribution is 7.72. The fourth-order valence-corrected chi connectivity index (χ4v) is 5.04. The third-order valence-corrected chi connectivity index (χ3v) is 8.37. The van der Waals surface area contributed by atoms with Crippen LogP contribution in [0.25, 0.3) is 0 Å². The highest BCUT2D eigenvalue weighted by Crippen LogP contribution is 2.69. The van der Waals surface area contributed by atoms with E-state index in [4.69, 9.17) is 31.2 Å².